The lowest BCUT2D eigenvalue weighted by Gasteiger charge is -2.05. The molecule has 0 fully saturated rings. The van der Waals surface area contributed by atoms with E-state index >= 15 is 0 Å². The lowest BCUT2D eigenvalue weighted by molar-refractivity contribution is -0.384. The largest absolute Gasteiger partial charge is 0.466 e. The molecular formula is C11H11FN2O5. The number of hydrogen-bond acceptors (Lipinski definition) is 5. The third-order valence-corrected chi connectivity index (χ3v) is 2.04. The summed E-state index contributed by atoms with van der Waals surface area (Å²) in [6, 6.07) is 2.70. The number of nitrogens with one attached hydrogen (secondary N) is 1. The van der Waals surface area contributed by atoms with Gasteiger partial charge >= 0.3 is 5.97 Å². The molecule has 102 valence electrons. The van der Waals surface area contributed by atoms with Crippen molar-refractivity contribution in [3.05, 3.63) is 34.1 Å². The molecule has 0 atom stereocenters. The topological polar surface area (TPSA) is 98.5 Å². The van der Waals surface area contributed by atoms with Crippen molar-refractivity contribution in [1.82, 2.24) is 0 Å². The second-order valence-corrected chi connectivity index (χ2v) is 3.45. The first-order valence-corrected chi connectivity index (χ1v) is 5.33. The second-order valence-electron chi connectivity index (χ2n) is 3.45. The van der Waals surface area contributed by atoms with Gasteiger partial charge in [-0.25, -0.2) is 4.39 Å². The van der Waals surface area contributed by atoms with Gasteiger partial charge in [0.05, 0.1) is 17.6 Å². The summed E-state index contributed by atoms with van der Waals surface area (Å²) < 4.78 is 17.4. The van der Waals surface area contributed by atoms with Crippen LogP contribution in [0.3, 0.4) is 0 Å². The number of esters is 1. The van der Waals surface area contributed by atoms with E-state index < -0.39 is 34.7 Å². The number of carbonyl (C=O) groups is 2. The Kier molecular flexibility index (Phi) is 4.92. The summed E-state index contributed by atoms with van der Waals surface area (Å²) in [7, 11) is 0. The summed E-state index contributed by atoms with van der Waals surface area (Å²) in [6.07, 6.45) is -0.567. The van der Waals surface area contributed by atoms with Gasteiger partial charge in [0.25, 0.3) is 5.69 Å². The molecule has 1 N–H and O–H groups in total. The number of ether oxygens (including phenoxy) is 1. The molecule has 0 aromatic heterocycles. The van der Waals surface area contributed by atoms with Crippen LogP contribution in [0, 0.1) is 15.9 Å². The summed E-state index contributed by atoms with van der Waals surface area (Å²) in [5.41, 5.74) is -0.766. The highest BCUT2D eigenvalue weighted by atomic mass is 19.1. The van der Waals surface area contributed by atoms with Crippen LogP contribution in [0.4, 0.5) is 15.8 Å². The first-order chi connectivity index (χ1) is 8.93. The molecule has 1 aromatic carbocycles. The van der Waals surface area contributed by atoms with Crippen LogP contribution in [0.5, 0.6) is 0 Å². The molecule has 8 heteroatoms. The van der Waals surface area contributed by atoms with E-state index in [0.717, 1.165) is 12.1 Å². The second kappa shape index (κ2) is 6.43. The van der Waals surface area contributed by atoms with Crippen molar-refractivity contribution in [2.75, 3.05) is 11.9 Å². The molecule has 0 saturated carbocycles. The molecule has 0 heterocycles. The molecule has 1 amide bonds. The van der Waals surface area contributed by atoms with Gasteiger partial charge in [-0.15, -0.1) is 0 Å². The third kappa shape index (κ3) is 4.34. The zero-order chi connectivity index (χ0) is 14.4. The molecule has 1 rings (SSSR count). The minimum atomic E-state index is -0.830. The van der Waals surface area contributed by atoms with Gasteiger partial charge in [0.2, 0.25) is 5.91 Å². The van der Waals surface area contributed by atoms with E-state index in [1.807, 2.05) is 0 Å². The highest BCUT2D eigenvalue weighted by Crippen LogP contribution is 2.25. The minimum Gasteiger partial charge on any atom is -0.466 e. The van der Waals surface area contributed by atoms with Crippen LogP contribution in [0.25, 0.3) is 0 Å². The Morgan fingerprint density at radius 3 is 2.74 bits per heavy atom. The van der Waals surface area contributed by atoms with E-state index in [0.29, 0.717) is 6.07 Å². The minimum absolute atomic E-state index is 0.128. The van der Waals surface area contributed by atoms with E-state index in [4.69, 9.17) is 0 Å². The van der Waals surface area contributed by atoms with E-state index in [-0.39, 0.29) is 12.3 Å². The lowest BCUT2D eigenvalue weighted by atomic mass is 10.2. The number of hydrogen-bond donors (Lipinski definition) is 1. The maximum Gasteiger partial charge on any atom is 0.315 e. The molecular weight excluding hydrogens is 259 g/mol. The van der Waals surface area contributed by atoms with Gasteiger partial charge in [-0.3, -0.25) is 19.7 Å². The first-order valence-electron chi connectivity index (χ1n) is 5.33. The predicted octanol–water partition coefficient (Wildman–Crippen LogP) is 1.63. The van der Waals surface area contributed by atoms with Crippen molar-refractivity contribution < 1.29 is 23.6 Å². The highest BCUT2D eigenvalue weighted by molar-refractivity contribution is 6.02. The number of halogens is 1. The van der Waals surface area contributed by atoms with Crippen LogP contribution in [-0.2, 0) is 14.3 Å². The highest BCUT2D eigenvalue weighted by Gasteiger charge is 2.18. The van der Waals surface area contributed by atoms with Crippen LogP contribution in [-0.4, -0.2) is 23.4 Å². The SMILES string of the molecule is CCOC(=O)CC(=O)Nc1ccc(F)cc1[N+](=O)[O-]. The molecule has 0 unspecified atom stereocenters. The van der Waals surface area contributed by atoms with Gasteiger partial charge in [0, 0.05) is 0 Å². The maximum absolute atomic E-state index is 12.9. The quantitative estimate of drug-likeness (QED) is 0.379. The van der Waals surface area contributed by atoms with Crippen molar-refractivity contribution in [2.45, 2.75) is 13.3 Å². The van der Waals surface area contributed by atoms with Crippen molar-refractivity contribution >= 4 is 23.3 Å². The zero-order valence-corrected chi connectivity index (χ0v) is 10.0. The summed E-state index contributed by atoms with van der Waals surface area (Å²) >= 11 is 0. The average molecular weight is 270 g/mol. The van der Waals surface area contributed by atoms with E-state index in [1.54, 1.807) is 6.92 Å². The number of anilines is 1. The fourth-order valence-corrected chi connectivity index (χ4v) is 1.30. The van der Waals surface area contributed by atoms with Gasteiger partial charge in [-0.2, -0.15) is 0 Å². The van der Waals surface area contributed by atoms with Gasteiger partial charge in [-0.1, -0.05) is 0 Å². The fraction of sp³-hybridized carbons (Fsp3) is 0.273. The number of benzene rings is 1. The van der Waals surface area contributed by atoms with Gasteiger partial charge < -0.3 is 10.1 Å². The van der Waals surface area contributed by atoms with E-state index in [9.17, 15) is 24.1 Å². The molecule has 0 aliphatic rings. The number of nitrogens with zero attached hydrogens (tertiary/aromatic N) is 1. The van der Waals surface area contributed by atoms with Crippen molar-refractivity contribution in [3.63, 3.8) is 0 Å². The molecule has 19 heavy (non-hydrogen) atoms. The van der Waals surface area contributed by atoms with Crippen molar-refractivity contribution in [3.8, 4) is 0 Å². The standard InChI is InChI=1S/C11H11FN2O5/c1-2-19-11(16)6-10(15)13-8-4-3-7(12)5-9(8)14(17)18/h3-5H,2,6H2,1H3,(H,13,15). The fourth-order valence-electron chi connectivity index (χ4n) is 1.30. The molecule has 7 nitrogen and oxygen atoms in total. The van der Waals surface area contributed by atoms with Crippen molar-refractivity contribution in [1.29, 1.82) is 0 Å². The summed E-state index contributed by atoms with van der Waals surface area (Å²) in [4.78, 5) is 32.3. The molecule has 0 spiro atoms. The predicted molar refractivity (Wildman–Crippen MR) is 62.9 cm³/mol. The third-order valence-electron chi connectivity index (χ3n) is 2.04. The number of nitro groups is 1. The maximum atomic E-state index is 12.9. The Bertz CT molecular complexity index is 518. The Balaban J connectivity index is 2.79. The molecule has 0 aliphatic heterocycles. The summed E-state index contributed by atoms with van der Waals surface area (Å²) in [5, 5.41) is 12.8. The van der Waals surface area contributed by atoms with Crippen LogP contribution < -0.4 is 5.32 Å². The molecule has 0 bridgehead atoms. The van der Waals surface area contributed by atoms with Gasteiger partial charge in [0.15, 0.2) is 0 Å². The van der Waals surface area contributed by atoms with Crippen LogP contribution in [0.1, 0.15) is 13.3 Å². The molecule has 0 radical (unpaired) electrons. The van der Waals surface area contributed by atoms with Gasteiger partial charge in [-0.05, 0) is 19.1 Å². The average Bonchev–Trinajstić information content (AvgIpc) is 2.31. The summed E-state index contributed by atoms with van der Waals surface area (Å²) in [6.45, 7) is 1.71. The van der Waals surface area contributed by atoms with Crippen LogP contribution >= 0.6 is 0 Å². The van der Waals surface area contributed by atoms with Crippen LogP contribution in [0.2, 0.25) is 0 Å². The number of amides is 1. The Morgan fingerprint density at radius 1 is 1.47 bits per heavy atom. The molecule has 0 saturated heterocycles. The van der Waals surface area contributed by atoms with E-state index in [1.165, 1.54) is 0 Å². The Labute approximate surface area is 107 Å². The molecule has 1 aromatic rings. The van der Waals surface area contributed by atoms with Crippen LogP contribution in [0.15, 0.2) is 18.2 Å². The summed E-state index contributed by atoms with van der Waals surface area (Å²) in [5.74, 6) is -2.31. The van der Waals surface area contributed by atoms with Gasteiger partial charge in [0.1, 0.15) is 17.9 Å². The zero-order valence-electron chi connectivity index (χ0n) is 10.0. The monoisotopic (exact) mass is 270 g/mol. The molecule has 0 aliphatic carbocycles. The number of nitro benzene ring substituents is 1. The number of carbonyl (C=O) groups excluding carboxylic acids is 2. The Hall–Kier alpha value is -2.51. The Morgan fingerprint density at radius 2 is 2.16 bits per heavy atom. The number of rotatable bonds is 5. The smallest absolute Gasteiger partial charge is 0.315 e. The normalized spacial score (nSPS) is 9.79. The lowest BCUT2D eigenvalue weighted by Crippen LogP contribution is -2.18. The van der Waals surface area contributed by atoms with E-state index in [2.05, 4.69) is 10.1 Å². The first kappa shape index (κ1) is 14.6. The van der Waals surface area contributed by atoms with Crippen molar-refractivity contribution in [2.24, 2.45) is 0 Å².